The first kappa shape index (κ1) is 59.0. The van der Waals surface area contributed by atoms with Crippen molar-refractivity contribution >= 4 is 29.8 Å². The summed E-state index contributed by atoms with van der Waals surface area (Å²) >= 11 is 0. The number of hydrogen-bond donors (Lipinski definition) is 0. The molecule has 4 aliphatic rings. The molecule has 4 fully saturated rings. The molecule has 0 amide bonds. The number of carbonyl (C=O) groups is 5. The number of hydrogen-bond acceptors (Lipinski definition) is 23. The van der Waals surface area contributed by atoms with Crippen molar-refractivity contribution in [2.75, 3.05) is 19.7 Å². The molecular formula is C40H49FN18O17. The zero-order chi connectivity index (χ0) is 55.5. The zero-order valence-electron chi connectivity index (χ0n) is 40.8. The Balaban J connectivity index is 1.64. The summed E-state index contributed by atoms with van der Waals surface area (Å²) in [5, 5.41) is 21.9. The number of azide groups is 6. The molecule has 1 aliphatic carbocycles. The minimum Gasteiger partial charge on any atom is -0.463 e. The van der Waals surface area contributed by atoms with Gasteiger partial charge in [-0.3, -0.25) is 24.0 Å². The van der Waals surface area contributed by atoms with Gasteiger partial charge in [0.05, 0.1) is 44.0 Å². The van der Waals surface area contributed by atoms with Crippen molar-refractivity contribution in [3.8, 4) is 0 Å². The van der Waals surface area contributed by atoms with Crippen LogP contribution >= 0.6 is 0 Å². The molecule has 3 heterocycles. The Bertz CT molecular complexity index is 2540. The van der Waals surface area contributed by atoms with Crippen LogP contribution in [-0.4, -0.2) is 166 Å². The smallest absolute Gasteiger partial charge is 0.303 e. The molecule has 36 heteroatoms. The minimum atomic E-state index is -2.28. The number of ether oxygens (including phenoxy) is 12. The van der Waals surface area contributed by atoms with Crippen LogP contribution in [-0.2, 0) is 87.4 Å². The quantitative estimate of drug-likeness (QED) is 0.0443. The van der Waals surface area contributed by atoms with Crippen LogP contribution in [0.1, 0.15) is 46.6 Å². The molecule has 0 aromatic heterocycles. The summed E-state index contributed by atoms with van der Waals surface area (Å²) in [5.74, 6) is -4.87. The Morgan fingerprint density at radius 1 is 0.526 bits per heavy atom. The second kappa shape index (κ2) is 28.7. The average Bonchev–Trinajstić information content (AvgIpc) is 3.70. The van der Waals surface area contributed by atoms with Crippen LogP contribution < -0.4 is 0 Å². The van der Waals surface area contributed by atoms with Gasteiger partial charge >= 0.3 is 29.8 Å². The van der Waals surface area contributed by atoms with Crippen molar-refractivity contribution in [3.63, 3.8) is 0 Å². The number of esters is 5. The molecular weight excluding hydrogens is 1020 g/mol. The fraction of sp³-hybridized carbons (Fsp3) is 0.725. The largest absolute Gasteiger partial charge is 0.463 e. The third-order valence-electron chi connectivity index (χ3n) is 11.6. The lowest BCUT2D eigenvalue weighted by Crippen LogP contribution is -2.63. The molecule has 1 aromatic carbocycles. The molecule has 0 N–H and O–H groups in total. The molecule has 19 unspecified atom stereocenters. The SMILES string of the molecule is CC(=O)OCC1OC(OC2C(OC(C)=O)C(N=[N+]=[N-])CC(N=[N+]=[N-])C2OC2OC(CN=[N+]=[N-])C(OCc3ccccc3)C(F)C2N=[N+]=[N-])C(OC(C)=O)C1OC1OC(CN=[N+]=[N-])C(OC(C)=O)C(OC(C)=O)C1N=[N+]=[N-]. The van der Waals surface area contributed by atoms with Crippen LogP contribution in [0.25, 0.3) is 62.7 Å². The van der Waals surface area contributed by atoms with E-state index in [1.54, 1.807) is 30.3 Å². The summed E-state index contributed by atoms with van der Waals surface area (Å²) in [6.07, 6.45) is -27.5. The lowest BCUT2D eigenvalue weighted by atomic mass is 9.83. The van der Waals surface area contributed by atoms with E-state index >= 15 is 4.39 Å². The van der Waals surface area contributed by atoms with Gasteiger partial charge in [0.15, 0.2) is 37.2 Å². The van der Waals surface area contributed by atoms with E-state index in [4.69, 9.17) is 56.8 Å². The fourth-order valence-corrected chi connectivity index (χ4v) is 8.75. The standard InChI is InChI=1S/C40H49FN18O17/c1-16(60)65-15-26-34(75-39-29(53-59-47)35(69-19(4)63)33(68-18(3)62)25(72-39)13-49-55-43)37(70-20(5)64)40(73-26)76-36-30(67-17(2)61)22(50-56-44)11-23(51-57-45)31(36)74-38-28(52-58-46)27(41)32(24(71-38)12-48-54-42)66-14-21-9-7-6-8-10-21/h6-10,22-40H,11-15H2,1-5H3. The molecule has 5 rings (SSSR count). The van der Waals surface area contributed by atoms with Crippen LogP contribution in [0, 0.1) is 0 Å². The highest BCUT2D eigenvalue weighted by atomic mass is 19.1. The molecule has 3 aliphatic heterocycles. The first-order valence-electron chi connectivity index (χ1n) is 22.7. The predicted octanol–water partition coefficient (Wildman–Crippen LogP) is 5.27. The third kappa shape index (κ3) is 15.6. The Kier molecular flexibility index (Phi) is 22.2. The molecule has 1 saturated carbocycles. The molecule has 0 radical (unpaired) electrons. The van der Waals surface area contributed by atoms with E-state index in [0.29, 0.717) is 5.56 Å². The van der Waals surface area contributed by atoms with E-state index in [2.05, 4.69) is 60.2 Å². The van der Waals surface area contributed by atoms with Gasteiger partial charge in [-0.05, 0) is 45.2 Å². The number of alkyl halides is 1. The Morgan fingerprint density at radius 2 is 1.00 bits per heavy atom. The Morgan fingerprint density at radius 3 is 1.55 bits per heavy atom. The van der Waals surface area contributed by atoms with Gasteiger partial charge in [0.2, 0.25) is 0 Å². The van der Waals surface area contributed by atoms with Gasteiger partial charge in [0.1, 0.15) is 61.5 Å². The van der Waals surface area contributed by atoms with E-state index in [1.165, 1.54) is 0 Å². The van der Waals surface area contributed by atoms with E-state index < -0.39 is 172 Å². The molecule has 0 bridgehead atoms. The topological polar surface area (TPSA) is 489 Å². The van der Waals surface area contributed by atoms with Crippen molar-refractivity contribution < 1.29 is 85.2 Å². The number of carbonyl (C=O) groups excluding carboxylic acids is 5. The second-order valence-corrected chi connectivity index (χ2v) is 16.7. The predicted molar refractivity (Wildman–Crippen MR) is 244 cm³/mol. The number of nitrogens with zero attached hydrogens (tertiary/aromatic N) is 18. The maximum atomic E-state index is 16.9. The molecule has 0 spiro atoms. The van der Waals surface area contributed by atoms with Crippen molar-refractivity contribution in [2.45, 2.75) is 164 Å². The van der Waals surface area contributed by atoms with E-state index in [-0.39, 0.29) is 6.61 Å². The maximum Gasteiger partial charge on any atom is 0.303 e. The highest BCUT2D eigenvalue weighted by Crippen LogP contribution is 2.41. The zero-order valence-corrected chi connectivity index (χ0v) is 40.8. The van der Waals surface area contributed by atoms with Gasteiger partial charge in [0, 0.05) is 64.1 Å². The van der Waals surface area contributed by atoms with Crippen molar-refractivity contribution in [1.82, 2.24) is 0 Å². The van der Waals surface area contributed by atoms with Crippen molar-refractivity contribution in [1.29, 1.82) is 0 Å². The van der Waals surface area contributed by atoms with Gasteiger partial charge in [-0.1, -0.05) is 61.0 Å². The summed E-state index contributed by atoms with van der Waals surface area (Å²) in [6, 6.07) is 1.74. The van der Waals surface area contributed by atoms with Gasteiger partial charge in [-0.15, -0.1) is 0 Å². The first-order chi connectivity index (χ1) is 36.5. The minimum absolute atomic E-state index is 0.191. The second-order valence-electron chi connectivity index (χ2n) is 16.7. The maximum absolute atomic E-state index is 16.9. The van der Waals surface area contributed by atoms with E-state index in [1.807, 2.05) is 0 Å². The molecule has 1 aromatic rings. The lowest BCUT2D eigenvalue weighted by Gasteiger charge is -2.47. The molecule has 19 atom stereocenters. The lowest BCUT2D eigenvalue weighted by molar-refractivity contribution is -0.307. The molecule has 3 saturated heterocycles. The molecule has 76 heavy (non-hydrogen) atoms. The van der Waals surface area contributed by atoms with Crippen molar-refractivity contribution in [2.24, 2.45) is 30.7 Å². The Labute approximate surface area is 427 Å². The summed E-state index contributed by atoms with van der Waals surface area (Å²) in [7, 11) is 0. The van der Waals surface area contributed by atoms with Gasteiger partial charge in [-0.2, -0.15) is 0 Å². The Hall–Kier alpha value is -7.92. The van der Waals surface area contributed by atoms with Crippen LogP contribution in [0.4, 0.5) is 4.39 Å². The number of halogens is 1. The monoisotopic (exact) mass is 1070 g/mol. The normalized spacial score (nSPS) is 33.5. The van der Waals surface area contributed by atoms with Crippen LogP contribution in [0.15, 0.2) is 61.0 Å². The molecule has 408 valence electrons. The van der Waals surface area contributed by atoms with Crippen molar-refractivity contribution in [3.05, 3.63) is 98.6 Å². The molecule has 35 nitrogen and oxygen atoms in total. The van der Waals surface area contributed by atoms with Gasteiger partial charge < -0.3 is 56.8 Å². The summed E-state index contributed by atoms with van der Waals surface area (Å²) in [4.78, 5) is 79.8. The van der Waals surface area contributed by atoms with Crippen LogP contribution in [0.3, 0.4) is 0 Å². The van der Waals surface area contributed by atoms with E-state index in [0.717, 1.165) is 34.6 Å². The summed E-state index contributed by atoms with van der Waals surface area (Å²) in [6.45, 7) is 2.78. The fourth-order valence-electron chi connectivity index (χ4n) is 8.75. The summed E-state index contributed by atoms with van der Waals surface area (Å²) < 4.78 is 88.0. The number of rotatable bonds is 23. The first-order valence-corrected chi connectivity index (χ1v) is 22.7. The van der Waals surface area contributed by atoms with Gasteiger partial charge in [-0.25, -0.2) is 4.39 Å². The summed E-state index contributed by atoms with van der Waals surface area (Å²) in [5.41, 5.74) is 58.1. The third-order valence-corrected chi connectivity index (χ3v) is 11.6. The van der Waals surface area contributed by atoms with Gasteiger partial charge in [0.25, 0.3) is 0 Å². The highest BCUT2D eigenvalue weighted by Gasteiger charge is 2.59. The van der Waals surface area contributed by atoms with Crippen LogP contribution in [0.2, 0.25) is 0 Å². The van der Waals surface area contributed by atoms with Crippen LogP contribution in [0.5, 0.6) is 0 Å². The highest BCUT2D eigenvalue weighted by molar-refractivity contribution is 5.68. The number of benzene rings is 1. The van der Waals surface area contributed by atoms with E-state index in [9.17, 15) is 57.2 Å². The average molecular weight is 1070 g/mol.